The zero-order valence-electron chi connectivity index (χ0n) is 11.1. The summed E-state index contributed by atoms with van der Waals surface area (Å²) in [6.45, 7) is 3.83. The second-order valence-corrected chi connectivity index (χ2v) is 6.93. The number of nitrogens with one attached hydrogen (secondary N) is 1. The van der Waals surface area contributed by atoms with Gasteiger partial charge in [0.1, 0.15) is 6.23 Å². The smallest absolute Gasteiger partial charge is 0.329 e. The highest BCUT2D eigenvalue weighted by atomic mass is 127. The third-order valence-electron chi connectivity index (χ3n) is 3.58. The van der Waals surface area contributed by atoms with E-state index in [4.69, 9.17) is 4.74 Å². The molecule has 1 aliphatic carbocycles. The number of carbonyl (C=O) groups excluding carboxylic acids is 2. The highest BCUT2D eigenvalue weighted by Crippen LogP contribution is 2.43. The molecule has 2 rings (SSSR count). The molecule has 1 N–H and O–H groups in total. The molecule has 3 unspecified atom stereocenters. The summed E-state index contributed by atoms with van der Waals surface area (Å²) in [5.41, 5.74) is 0.993. The summed E-state index contributed by atoms with van der Waals surface area (Å²) in [6.07, 6.45) is 5.32. The Morgan fingerprint density at radius 3 is 2.74 bits per heavy atom. The normalized spacial score (nSPS) is 32.6. The number of carbonyl (C=O) groups is 2. The van der Waals surface area contributed by atoms with E-state index in [0.717, 1.165) is 18.4 Å². The van der Waals surface area contributed by atoms with E-state index in [1.165, 1.54) is 11.3 Å². The first-order valence-corrected chi connectivity index (χ1v) is 7.74. The number of imide groups is 1. The molecule has 5 nitrogen and oxygen atoms in total. The summed E-state index contributed by atoms with van der Waals surface area (Å²) in [4.78, 5) is 23.9. The largest absolute Gasteiger partial charge is 0.353 e. The van der Waals surface area contributed by atoms with Gasteiger partial charge in [0.25, 0.3) is 0 Å². The number of halogens is 1. The van der Waals surface area contributed by atoms with Crippen LogP contribution in [0.25, 0.3) is 0 Å². The monoisotopic (exact) mass is 378 g/mol. The predicted molar refractivity (Wildman–Crippen MR) is 79.7 cm³/mol. The lowest BCUT2D eigenvalue weighted by Crippen LogP contribution is -2.43. The molecule has 0 aromatic heterocycles. The second-order valence-electron chi connectivity index (χ2n) is 5.33. The van der Waals surface area contributed by atoms with Gasteiger partial charge >= 0.3 is 6.03 Å². The van der Waals surface area contributed by atoms with Crippen LogP contribution in [0.5, 0.6) is 0 Å². The molecule has 0 bridgehead atoms. The van der Waals surface area contributed by atoms with E-state index < -0.39 is 6.03 Å². The molecule has 0 aromatic carbocycles. The van der Waals surface area contributed by atoms with Crippen LogP contribution >= 0.6 is 22.6 Å². The third kappa shape index (κ3) is 3.28. The van der Waals surface area contributed by atoms with E-state index in [2.05, 4.69) is 27.9 Å². The van der Waals surface area contributed by atoms with Gasteiger partial charge < -0.3 is 4.74 Å². The molecule has 0 spiro atoms. The van der Waals surface area contributed by atoms with Gasteiger partial charge in [0.2, 0.25) is 6.41 Å². The maximum atomic E-state index is 11.9. The van der Waals surface area contributed by atoms with Crippen LogP contribution in [0.2, 0.25) is 0 Å². The standard InChI is InChI=1S/C13H19IN2O3/c1-8(2)6-16(13(18)15-7-17)11-5-9-3-4-10(14)12(9)19-11/h6-7,9-12H,3-5H2,1-2H3,(H,15,17,18)/t9?,10?,11-,12?/m1/s1. The fraction of sp³-hybridized carbons (Fsp3) is 0.692. The van der Waals surface area contributed by atoms with Gasteiger partial charge in [0.15, 0.2) is 0 Å². The summed E-state index contributed by atoms with van der Waals surface area (Å²) in [5, 5.41) is 2.18. The van der Waals surface area contributed by atoms with E-state index in [1.54, 1.807) is 6.20 Å². The maximum absolute atomic E-state index is 11.9. The van der Waals surface area contributed by atoms with Crippen molar-refractivity contribution in [3.05, 3.63) is 11.8 Å². The zero-order chi connectivity index (χ0) is 14.0. The molecule has 2 fully saturated rings. The zero-order valence-corrected chi connectivity index (χ0v) is 13.3. The Balaban J connectivity index is 2.10. The molecule has 1 saturated heterocycles. The predicted octanol–water partition coefficient (Wildman–Crippen LogP) is 2.41. The molecule has 6 heteroatoms. The number of rotatable bonds is 3. The quantitative estimate of drug-likeness (QED) is 0.466. The Morgan fingerprint density at radius 2 is 2.16 bits per heavy atom. The van der Waals surface area contributed by atoms with E-state index in [0.29, 0.717) is 16.3 Å². The average molecular weight is 378 g/mol. The van der Waals surface area contributed by atoms with Crippen LogP contribution in [0.3, 0.4) is 0 Å². The molecular formula is C13H19IN2O3. The van der Waals surface area contributed by atoms with Gasteiger partial charge in [0, 0.05) is 10.1 Å². The molecule has 1 saturated carbocycles. The van der Waals surface area contributed by atoms with Crippen LogP contribution in [-0.2, 0) is 9.53 Å². The lowest BCUT2D eigenvalue weighted by molar-refractivity contribution is -0.109. The van der Waals surface area contributed by atoms with Crippen LogP contribution in [0.1, 0.15) is 33.1 Å². The van der Waals surface area contributed by atoms with Gasteiger partial charge in [-0.3, -0.25) is 15.0 Å². The number of ether oxygens (including phenoxy) is 1. The number of allylic oxidation sites excluding steroid dienone is 1. The number of alkyl halides is 1. The first kappa shape index (κ1) is 14.8. The average Bonchev–Trinajstić information content (AvgIpc) is 2.89. The summed E-state index contributed by atoms with van der Waals surface area (Å²) in [5.74, 6) is 0.531. The van der Waals surface area contributed by atoms with Crippen LogP contribution in [0.4, 0.5) is 4.79 Å². The fourth-order valence-electron chi connectivity index (χ4n) is 2.80. The maximum Gasteiger partial charge on any atom is 0.329 e. The number of urea groups is 1. The number of hydrogen-bond acceptors (Lipinski definition) is 3. The van der Waals surface area contributed by atoms with Gasteiger partial charge in [-0.15, -0.1) is 0 Å². The molecule has 1 heterocycles. The van der Waals surface area contributed by atoms with Crippen molar-refractivity contribution in [1.82, 2.24) is 10.2 Å². The molecule has 0 aromatic rings. The van der Waals surface area contributed by atoms with Crippen LogP contribution in [-0.4, -0.2) is 33.6 Å². The minimum atomic E-state index is -0.425. The molecule has 4 atom stereocenters. The first-order chi connectivity index (χ1) is 9.02. The lowest BCUT2D eigenvalue weighted by Gasteiger charge is -2.26. The SMILES string of the molecule is CC(C)=CN(C(=O)NC=O)[C@H]1CC2CCC(I)C2O1. The molecular weight excluding hydrogens is 359 g/mol. The van der Waals surface area contributed by atoms with Gasteiger partial charge in [-0.05, 0) is 39.0 Å². The molecule has 19 heavy (non-hydrogen) atoms. The first-order valence-electron chi connectivity index (χ1n) is 6.50. The minimum absolute atomic E-state index is 0.239. The van der Waals surface area contributed by atoms with Crippen molar-refractivity contribution in [3.63, 3.8) is 0 Å². The van der Waals surface area contributed by atoms with Gasteiger partial charge in [-0.25, -0.2) is 4.79 Å². The minimum Gasteiger partial charge on any atom is -0.353 e. The number of amides is 3. The van der Waals surface area contributed by atoms with Crippen molar-refractivity contribution in [1.29, 1.82) is 0 Å². The number of fused-ring (bicyclic) bond motifs is 1. The Labute approximate surface area is 126 Å². The van der Waals surface area contributed by atoms with Crippen molar-refractivity contribution in [2.45, 2.75) is 49.4 Å². The van der Waals surface area contributed by atoms with E-state index in [9.17, 15) is 9.59 Å². The summed E-state index contributed by atoms with van der Waals surface area (Å²) >= 11 is 2.43. The molecule has 1 aliphatic heterocycles. The lowest BCUT2D eigenvalue weighted by atomic mass is 10.0. The molecule has 0 radical (unpaired) electrons. The van der Waals surface area contributed by atoms with Crippen molar-refractivity contribution >= 4 is 35.0 Å². The van der Waals surface area contributed by atoms with Crippen LogP contribution in [0.15, 0.2) is 11.8 Å². The number of hydrogen-bond donors (Lipinski definition) is 1. The van der Waals surface area contributed by atoms with E-state index >= 15 is 0 Å². The highest BCUT2D eigenvalue weighted by molar-refractivity contribution is 14.1. The van der Waals surface area contributed by atoms with Crippen molar-refractivity contribution in [2.75, 3.05) is 0 Å². The fourth-order valence-corrected chi connectivity index (χ4v) is 3.91. The van der Waals surface area contributed by atoms with Crippen molar-refractivity contribution in [2.24, 2.45) is 5.92 Å². The topological polar surface area (TPSA) is 58.6 Å². The van der Waals surface area contributed by atoms with Crippen LogP contribution in [0, 0.1) is 5.92 Å². The summed E-state index contributed by atoms with van der Waals surface area (Å²) in [7, 11) is 0. The third-order valence-corrected chi connectivity index (χ3v) is 4.91. The Kier molecular flexibility index (Phi) is 4.83. The van der Waals surface area contributed by atoms with Crippen LogP contribution < -0.4 is 5.32 Å². The molecule has 2 aliphatic rings. The molecule has 3 amide bonds. The Morgan fingerprint density at radius 1 is 1.42 bits per heavy atom. The van der Waals surface area contributed by atoms with E-state index in [-0.39, 0.29) is 12.3 Å². The molecule has 106 valence electrons. The highest BCUT2D eigenvalue weighted by Gasteiger charge is 2.45. The van der Waals surface area contributed by atoms with Gasteiger partial charge in [-0.2, -0.15) is 0 Å². The van der Waals surface area contributed by atoms with E-state index in [1.807, 2.05) is 13.8 Å². The summed E-state index contributed by atoms with van der Waals surface area (Å²) in [6, 6.07) is -0.425. The van der Waals surface area contributed by atoms with Crippen molar-refractivity contribution in [3.8, 4) is 0 Å². The van der Waals surface area contributed by atoms with Crippen molar-refractivity contribution < 1.29 is 14.3 Å². The second kappa shape index (κ2) is 6.21. The van der Waals surface area contributed by atoms with Gasteiger partial charge in [-0.1, -0.05) is 28.2 Å². The number of nitrogens with zero attached hydrogens (tertiary/aromatic N) is 1. The Hall–Kier alpha value is -0.630. The summed E-state index contributed by atoms with van der Waals surface area (Å²) < 4.78 is 6.55. The Bertz CT molecular complexity index is 395. The van der Waals surface area contributed by atoms with Gasteiger partial charge in [0.05, 0.1) is 6.10 Å².